The first kappa shape index (κ1) is 37.7. The number of hydrogen-bond donors (Lipinski definition) is 0. The van der Waals surface area contributed by atoms with Gasteiger partial charge in [0.05, 0.1) is 16.7 Å². The number of carbonyl (C=O) groups excluding carboxylic acids is 4. The minimum absolute atomic E-state index is 0.121. The lowest BCUT2D eigenvalue weighted by atomic mass is 10.0. The van der Waals surface area contributed by atoms with Gasteiger partial charge in [-0.1, -0.05) is 109 Å². The monoisotopic (exact) mass is 801 g/mol. The number of benzene rings is 7. The van der Waals surface area contributed by atoms with E-state index < -0.39 is 0 Å². The zero-order valence-electron chi connectivity index (χ0n) is 33.2. The molecule has 0 fully saturated rings. The molecule has 0 bridgehead atoms. The highest BCUT2D eigenvalue weighted by Crippen LogP contribution is 2.39. The number of anilines is 6. The van der Waals surface area contributed by atoms with Crippen LogP contribution in [0.1, 0.15) is 52.7 Å². The summed E-state index contributed by atoms with van der Waals surface area (Å²) in [5.41, 5.74) is 11.1. The molecule has 0 saturated heterocycles. The molecule has 7 nitrogen and oxygen atoms in total. The van der Waals surface area contributed by atoms with Crippen LogP contribution in [0.2, 0.25) is 0 Å². The summed E-state index contributed by atoms with van der Waals surface area (Å²) in [6, 6.07) is 63.0. The second-order valence-corrected chi connectivity index (χ2v) is 15.0. The summed E-state index contributed by atoms with van der Waals surface area (Å²) < 4.78 is 0. The highest BCUT2D eigenvalue weighted by molar-refractivity contribution is 6.41. The Morgan fingerprint density at radius 3 is 1.08 bits per heavy atom. The van der Waals surface area contributed by atoms with Crippen LogP contribution in [0.3, 0.4) is 0 Å². The minimum Gasteiger partial charge on any atom is -0.311 e. The molecule has 1 heterocycles. The molecule has 294 valence electrons. The van der Waals surface area contributed by atoms with Crippen molar-refractivity contribution < 1.29 is 19.2 Å². The van der Waals surface area contributed by atoms with Crippen LogP contribution >= 0.6 is 0 Å². The number of hydrogen-bond acceptors (Lipinski definition) is 7. The fraction of sp³-hybridized carbons (Fsp3) is 0. The molecule has 0 spiro atoms. The van der Waals surface area contributed by atoms with Crippen molar-refractivity contribution in [3.8, 4) is 11.1 Å². The van der Waals surface area contributed by atoms with Crippen LogP contribution in [-0.2, 0) is 0 Å². The van der Waals surface area contributed by atoms with Crippen LogP contribution in [0.25, 0.3) is 23.3 Å². The Morgan fingerprint density at radius 2 is 0.661 bits per heavy atom. The quantitative estimate of drug-likeness (QED) is 0.106. The molecule has 0 radical (unpaired) electrons. The van der Waals surface area contributed by atoms with Crippen molar-refractivity contribution in [3.05, 3.63) is 245 Å². The first-order chi connectivity index (χ1) is 30.4. The van der Waals surface area contributed by atoms with Gasteiger partial charge >= 0.3 is 0 Å². The van der Waals surface area contributed by atoms with E-state index in [2.05, 4.69) is 87.6 Å². The zero-order valence-corrected chi connectivity index (χ0v) is 33.2. The Morgan fingerprint density at radius 1 is 0.323 bits per heavy atom. The van der Waals surface area contributed by atoms with Gasteiger partial charge in [0, 0.05) is 51.4 Å². The SMILES string of the molecule is O=C1C(=Cc2ccc(N(c3ccccc3)c3ccc(-c4ccc(N(c5ccccc5)c5ccc(/C=C6/C(=O)c7cccnc7C6=O)cc5)cc4)cc3)cc2)C(=O)c2ccccc21. The molecular formula is C55H35N3O4. The average molecular weight is 802 g/mol. The standard InChI is InChI=1S/C55H35N3O4/c59-52-46-14-7-8-15-47(46)53(60)49(52)34-36-17-25-42(26-18-36)57(40-10-3-1-4-11-40)44-29-21-38(22-30-44)39-23-31-45(32-24-39)58(41-12-5-2-6-13-41)43-27-19-37(20-28-43)35-50-54(61)48-16-9-33-56-51(48)55(50)62/h1-35H/b50-35-. The highest BCUT2D eigenvalue weighted by atomic mass is 16.2. The van der Waals surface area contributed by atoms with E-state index in [1.165, 1.54) is 6.20 Å². The van der Waals surface area contributed by atoms with E-state index in [1.54, 1.807) is 48.6 Å². The first-order valence-electron chi connectivity index (χ1n) is 20.2. The van der Waals surface area contributed by atoms with Gasteiger partial charge in [0.25, 0.3) is 0 Å². The Kier molecular flexibility index (Phi) is 9.67. The van der Waals surface area contributed by atoms with Gasteiger partial charge in [-0.05, 0) is 119 Å². The molecule has 0 amide bonds. The minimum atomic E-state index is -0.352. The predicted molar refractivity (Wildman–Crippen MR) is 245 cm³/mol. The number of para-hydroxylation sites is 2. The number of pyridine rings is 1. The molecule has 0 aliphatic heterocycles. The molecule has 7 aromatic carbocycles. The van der Waals surface area contributed by atoms with Crippen molar-refractivity contribution in [1.29, 1.82) is 0 Å². The third-order valence-electron chi connectivity index (χ3n) is 11.2. The number of rotatable bonds is 9. The van der Waals surface area contributed by atoms with Crippen LogP contribution in [0.5, 0.6) is 0 Å². The van der Waals surface area contributed by atoms with E-state index in [4.69, 9.17) is 0 Å². The molecule has 2 aliphatic carbocycles. The maximum atomic E-state index is 13.0. The highest BCUT2D eigenvalue weighted by Gasteiger charge is 2.34. The summed E-state index contributed by atoms with van der Waals surface area (Å²) in [5.74, 6) is -1.14. The van der Waals surface area contributed by atoms with Crippen molar-refractivity contribution in [1.82, 2.24) is 4.98 Å². The first-order valence-corrected chi connectivity index (χ1v) is 20.2. The van der Waals surface area contributed by atoms with E-state index in [-0.39, 0.29) is 40.0 Å². The van der Waals surface area contributed by atoms with E-state index >= 15 is 0 Å². The Hall–Kier alpha value is -8.55. The normalized spacial score (nSPS) is 13.6. The number of Topliss-reactive ketones (excluding diaryl/α,β-unsaturated/α-hetero) is 4. The third kappa shape index (κ3) is 6.93. The number of fused-ring (bicyclic) bond motifs is 2. The second-order valence-electron chi connectivity index (χ2n) is 15.0. The molecule has 0 N–H and O–H groups in total. The number of carbonyl (C=O) groups is 4. The van der Waals surface area contributed by atoms with Gasteiger partial charge in [-0.2, -0.15) is 0 Å². The number of nitrogens with zero attached hydrogens (tertiary/aromatic N) is 3. The summed E-state index contributed by atoms with van der Waals surface area (Å²) in [6.07, 6.45) is 4.85. The van der Waals surface area contributed by atoms with Gasteiger partial charge in [-0.25, -0.2) is 0 Å². The van der Waals surface area contributed by atoms with Gasteiger partial charge in [0.15, 0.2) is 17.3 Å². The molecule has 0 saturated carbocycles. The smallest absolute Gasteiger partial charge is 0.216 e. The van der Waals surface area contributed by atoms with Crippen molar-refractivity contribution in [2.75, 3.05) is 9.80 Å². The van der Waals surface area contributed by atoms with E-state index in [0.29, 0.717) is 16.7 Å². The molecule has 0 unspecified atom stereocenters. The van der Waals surface area contributed by atoms with Crippen LogP contribution < -0.4 is 9.80 Å². The molecule has 2 aliphatic rings. The van der Waals surface area contributed by atoms with Crippen LogP contribution in [0, 0.1) is 0 Å². The topological polar surface area (TPSA) is 87.7 Å². The van der Waals surface area contributed by atoms with Gasteiger partial charge in [-0.15, -0.1) is 0 Å². The zero-order chi connectivity index (χ0) is 42.2. The van der Waals surface area contributed by atoms with E-state index in [0.717, 1.165) is 56.4 Å². The van der Waals surface area contributed by atoms with Crippen molar-refractivity contribution in [3.63, 3.8) is 0 Å². The molecule has 8 aromatic rings. The maximum absolute atomic E-state index is 13.0. The summed E-state index contributed by atoms with van der Waals surface area (Å²) in [5, 5.41) is 0. The van der Waals surface area contributed by atoms with Crippen LogP contribution in [0.4, 0.5) is 34.1 Å². The van der Waals surface area contributed by atoms with E-state index in [1.807, 2.05) is 84.9 Å². The lowest BCUT2D eigenvalue weighted by molar-refractivity contribution is 0.0974. The molecule has 62 heavy (non-hydrogen) atoms. The van der Waals surface area contributed by atoms with E-state index in [9.17, 15) is 19.2 Å². The molecule has 10 rings (SSSR count). The third-order valence-corrected chi connectivity index (χ3v) is 11.2. The predicted octanol–water partition coefficient (Wildman–Crippen LogP) is 12.6. The molecular weight excluding hydrogens is 767 g/mol. The fourth-order valence-electron chi connectivity index (χ4n) is 8.11. The van der Waals surface area contributed by atoms with Crippen molar-refractivity contribution in [2.45, 2.75) is 0 Å². The van der Waals surface area contributed by atoms with Gasteiger partial charge in [0.1, 0.15) is 5.69 Å². The maximum Gasteiger partial charge on any atom is 0.216 e. The fourth-order valence-corrected chi connectivity index (χ4v) is 8.11. The number of aromatic nitrogens is 1. The summed E-state index contributed by atoms with van der Waals surface area (Å²) in [4.78, 5) is 60.5. The van der Waals surface area contributed by atoms with Crippen molar-refractivity contribution in [2.24, 2.45) is 0 Å². The van der Waals surface area contributed by atoms with Gasteiger partial charge in [0.2, 0.25) is 5.78 Å². The lowest BCUT2D eigenvalue weighted by Gasteiger charge is -2.26. The van der Waals surface area contributed by atoms with Crippen LogP contribution in [-0.4, -0.2) is 28.1 Å². The Labute approximate surface area is 358 Å². The summed E-state index contributed by atoms with van der Waals surface area (Å²) in [7, 11) is 0. The van der Waals surface area contributed by atoms with Gasteiger partial charge in [-0.3, -0.25) is 24.2 Å². The molecule has 7 heteroatoms. The summed E-state index contributed by atoms with van der Waals surface area (Å²) >= 11 is 0. The molecule has 0 atom stereocenters. The average Bonchev–Trinajstić information content (AvgIpc) is 3.71. The van der Waals surface area contributed by atoms with Gasteiger partial charge < -0.3 is 9.80 Å². The second kappa shape index (κ2) is 15.9. The largest absolute Gasteiger partial charge is 0.311 e. The lowest BCUT2D eigenvalue weighted by Crippen LogP contribution is -2.10. The number of allylic oxidation sites excluding steroid dienone is 2. The van der Waals surface area contributed by atoms with Crippen molar-refractivity contribution >= 4 is 69.4 Å². The Balaban J connectivity index is 0.903. The van der Waals surface area contributed by atoms with Crippen LogP contribution in [0.15, 0.2) is 211 Å². The Bertz CT molecular complexity index is 2810. The summed E-state index contributed by atoms with van der Waals surface area (Å²) in [6.45, 7) is 0. The number of ketones is 4. The molecule has 1 aromatic heterocycles.